The number of phosphoric acid groups is 1. The van der Waals surface area contributed by atoms with Gasteiger partial charge in [0.05, 0.1) is 6.61 Å². The average molecular weight is 431 g/mol. The molecule has 0 spiro atoms. The second-order valence-corrected chi connectivity index (χ2v) is 9.28. The van der Waals surface area contributed by atoms with Crippen LogP contribution in [0.2, 0.25) is 0 Å². The van der Waals surface area contributed by atoms with E-state index in [1.165, 1.54) is 109 Å². The van der Waals surface area contributed by atoms with Gasteiger partial charge in [-0.2, -0.15) is 0 Å². The van der Waals surface area contributed by atoms with Gasteiger partial charge < -0.3 is 9.79 Å². The molecule has 0 aromatic heterocycles. The zero-order valence-corrected chi connectivity index (χ0v) is 18.9. The first-order valence-corrected chi connectivity index (χ1v) is 13.3. The predicted octanol–water partition coefficient (Wildman–Crippen LogP) is 7.27. The van der Waals surface area contributed by atoms with E-state index in [2.05, 4.69) is 11.4 Å². The monoisotopic (exact) mass is 430 g/mol. The van der Waals surface area contributed by atoms with E-state index in [1.807, 2.05) is 0 Å². The summed E-state index contributed by atoms with van der Waals surface area (Å²) in [4.78, 5) is 17.1. The first-order valence-electron chi connectivity index (χ1n) is 11.8. The molecule has 0 bridgehead atoms. The molecular weight excluding hydrogens is 382 g/mol. The molecule has 0 aliphatic heterocycles. The van der Waals surface area contributed by atoms with Crippen molar-refractivity contribution < 1.29 is 18.9 Å². The molecule has 0 aromatic rings. The van der Waals surface area contributed by atoms with Crippen LogP contribution in [0.3, 0.4) is 0 Å². The Morgan fingerprint density at radius 1 is 0.536 bits per heavy atom. The van der Waals surface area contributed by atoms with E-state index >= 15 is 0 Å². The molecule has 2 N–H and O–H groups in total. The maximum absolute atomic E-state index is 10.5. The van der Waals surface area contributed by atoms with E-state index < -0.39 is 7.82 Å². The van der Waals surface area contributed by atoms with Crippen molar-refractivity contribution in [2.75, 3.05) is 6.61 Å². The Labute approximate surface area is 197 Å². The van der Waals surface area contributed by atoms with Crippen LogP contribution in [-0.2, 0) is 9.09 Å². The molecule has 166 valence electrons. The van der Waals surface area contributed by atoms with Gasteiger partial charge in [0.2, 0.25) is 0 Å². The predicted molar refractivity (Wildman–Crippen MR) is 123 cm³/mol. The molecule has 28 heavy (non-hydrogen) atoms. The van der Waals surface area contributed by atoms with Gasteiger partial charge in [0.15, 0.2) is 0 Å². The SMILES string of the molecule is CCCCCCCCCCCCCCCCCCCCCCOP(=O)(O)O.[NaH]. The van der Waals surface area contributed by atoms with E-state index in [9.17, 15) is 4.57 Å². The van der Waals surface area contributed by atoms with E-state index in [0.29, 0.717) is 0 Å². The van der Waals surface area contributed by atoms with Gasteiger partial charge in [0.1, 0.15) is 0 Å². The van der Waals surface area contributed by atoms with Crippen LogP contribution < -0.4 is 0 Å². The molecule has 0 heterocycles. The summed E-state index contributed by atoms with van der Waals surface area (Å²) in [6.45, 7) is 2.45. The van der Waals surface area contributed by atoms with Crippen LogP contribution in [0.1, 0.15) is 135 Å². The second kappa shape index (κ2) is 24.4. The minimum atomic E-state index is -4.26. The molecule has 6 heteroatoms. The molecule has 0 amide bonds. The molecule has 0 saturated carbocycles. The van der Waals surface area contributed by atoms with Crippen LogP contribution in [0.25, 0.3) is 0 Å². The van der Waals surface area contributed by atoms with Crippen molar-refractivity contribution in [3.8, 4) is 0 Å². The number of rotatable bonds is 22. The quantitative estimate of drug-likeness (QED) is 0.108. The minimum absolute atomic E-state index is 0. The van der Waals surface area contributed by atoms with E-state index in [0.717, 1.165) is 19.3 Å². The normalized spacial score (nSPS) is 11.5. The molecule has 0 radical (unpaired) electrons. The summed E-state index contributed by atoms with van der Waals surface area (Å²) < 4.78 is 14.9. The Bertz CT molecular complexity index is 336. The second-order valence-electron chi connectivity index (χ2n) is 8.04. The van der Waals surface area contributed by atoms with Gasteiger partial charge in [-0.25, -0.2) is 4.57 Å². The molecule has 0 aromatic carbocycles. The van der Waals surface area contributed by atoms with Crippen molar-refractivity contribution >= 4 is 37.4 Å². The van der Waals surface area contributed by atoms with Gasteiger partial charge in [-0.05, 0) is 6.42 Å². The first-order chi connectivity index (χ1) is 13.1. The summed E-state index contributed by atoms with van der Waals surface area (Å²) in [6.07, 6.45) is 26.5. The van der Waals surface area contributed by atoms with Crippen LogP contribution in [-0.4, -0.2) is 46.0 Å². The van der Waals surface area contributed by atoms with Crippen molar-refractivity contribution in [3.05, 3.63) is 0 Å². The third-order valence-electron chi connectivity index (χ3n) is 5.26. The van der Waals surface area contributed by atoms with Gasteiger partial charge in [0.25, 0.3) is 0 Å². The van der Waals surface area contributed by atoms with E-state index in [4.69, 9.17) is 9.79 Å². The van der Waals surface area contributed by atoms with Crippen LogP contribution >= 0.6 is 7.82 Å². The van der Waals surface area contributed by atoms with E-state index in [-0.39, 0.29) is 36.2 Å². The fourth-order valence-corrected chi connectivity index (χ4v) is 3.91. The van der Waals surface area contributed by atoms with Crippen molar-refractivity contribution in [2.45, 2.75) is 135 Å². The zero-order valence-electron chi connectivity index (χ0n) is 18.0. The molecule has 0 aliphatic rings. The van der Waals surface area contributed by atoms with Crippen molar-refractivity contribution in [3.63, 3.8) is 0 Å². The van der Waals surface area contributed by atoms with E-state index in [1.54, 1.807) is 0 Å². The molecule has 0 aliphatic carbocycles. The summed E-state index contributed by atoms with van der Waals surface area (Å²) in [5.74, 6) is 0. The molecule has 0 fully saturated rings. The number of hydrogen-bond acceptors (Lipinski definition) is 2. The fourth-order valence-electron chi connectivity index (χ4n) is 3.54. The van der Waals surface area contributed by atoms with Crippen molar-refractivity contribution in [1.82, 2.24) is 0 Å². The molecular formula is C22H48NaO4P. The maximum atomic E-state index is 10.5. The van der Waals surface area contributed by atoms with Crippen LogP contribution in [0.15, 0.2) is 0 Å². The molecule has 0 unspecified atom stereocenters. The number of unbranched alkanes of at least 4 members (excludes halogenated alkanes) is 19. The first kappa shape index (κ1) is 31.3. The van der Waals surface area contributed by atoms with Crippen LogP contribution in [0, 0.1) is 0 Å². The Morgan fingerprint density at radius 2 is 0.786 bits per heavy atom. The van der Waals surface area contributed by atoms with Crippen molar-refractivity contribution in [2.24, 2.45) is 0 Å². The third kappa shape index (κ3) is 29.3. The summed E-state index contributed by atoms with van der Waals surface area (Å²) in [7, 11) is -4.26. The fraction of sp³-hybridized carbons (Fsp3) is 1.00. The molecule has 4 nitrogen and oxygen atoms in total. The van der Waals surface area contributed by atoms with Crippen LogP contribution in [0.5, 0.6) is 0 Å². The molecule has 0 rings (SSSR count). The Balaban J connectivity index is 0. The summed E-state index contributed by atoms with van der Waals surface area (Å²) in [5.41, 5.74) is 0. The van der Waals surface area contributed by atoms with Gasteiger partial charge in [-0.1, -0.05) is 129 Å². The third-order valence-corrected chi connectivity index (χ3v) is 5.78. The van der Waals surface area contributed by atoms with Crippen molar-refractivity contribution in [1.29, 1.82) is 0 Å². The standard InChI is InChI=1S/C22H47O4P.Na.H/c1-2-3-4-5-6-7-8-9-10-11-12-13-14-15-16-17-18-19-20-21-22-26-27(23,24)25;;/h2-22H2,1H3,(H2,23,24,25);;. The summed E-state index contributed by atoms with van der Waals surface area (Å²) >= 11 is 0. The Hall–Kier alpha value is 1.11. The Kier molecular flexibility index (Phi) is 27.3. The van der Waals surface area contributed by atoms with Crippen LogP contribution in [0.4, 0.5) is 0 Å². The molecule has 0 atom stereocenters. The Morgan fingerprint density at radius 3 is 1.04 bits per heavy atom. The topological polar surface area (TPSA) is 66.8 Å². The average Bonchev–Trinajstić information content (AvgIpc) is 2.62. The number of phosphoric ester groups is 1. The molecule has 0 saturated heterocycles. The summed E-state index contributed by atoms with van der Waals surface area (Å²) in [6, 6.07) is 0. The van der Waals surface area contributed by atoms with Gasteiger partial charge in [0, 0.05) is 0 Å². The van der Waals surface area contributed by atoms with Gasteiger partial charge in [-0.3, -0.25) is 4.52 Å². The number of hydrogen-bond donors (Lipinski definition) is 2. The zero-order chi connectivity index (χ0) is 20.1. The summed E-state index contributed by atoms with van der Waals surface area (Å²) in [5, 5.41) is 0. The van der Waals surface area contributed by atoms with Gasteiger partial charge >= 0.3 is 37.4 Å². The van der Waals surface area contributed by atoms with Gasteiger partial charge in [-0.15, -0.1) is 0 Å².